The molecule has 1 aromatic rings. The van der Waals surface area contributed by atoms with Gasteiger partial charge in [0, 0.05) is 12.6 Å². The van der Waals surface area contributed by atoms with E-state index < -0.39 is 15.8 Å². The maximum Gasteiger partial charge on any atom is 0.310 e. The van der Waals surface area contributed by atoms with Crippen molar-refractivity contribution in [2.24, 2.45) is 0 Å². The first-order chi connectivity index (χ1) is 11.3. The van der Waals surface area contributed by atoms with E-state index in [2.05, 4.69) is 0 Å². The molecule has 0 aliphatic carbocycles. The quantitative estimate of drug-likeness (QED) is 0.716. The van der Waals surface area contributed by atoms with Gasteiger partial charge >= 0.3 is 5.97 Å². The highest BCUT2D eigenvalue weighted by atomic mass is 32.2. The van der Waals surface area contributed by atoms with E-state index in [0.29, 0.717) is 13.0 Å². The Bertz CT molecular complexity index is 696. The molecule has 1 aliphatic heterocycles. The number of esters is 1. The second kappa shape index (κ2) is 7.79. The molecule has 1 heterocycles. The molecule has 1 amide bonds. The summed E-state index contributed by atoms with van der Waals surface area (Å²) in [5.74, 6) is -0.724. The molecule has 0 N–H and O–H groups in total. The minimum atomic E-state index is -3.06. The summed E-state index contributed by atoms with van der Waals surface area (Å²) in [6.07, 6.45) is 0.552. The summed E-state index contributed by atoms with van der Waals surface area (Å²) in [5.41, 5.74) is 1.93. The van der Waals surface area contributed by atoms with Gasteiger partial charge in [-0.1, -0.05) is 29.8 Å². The summed E-state index contributed by atoms with van der Waals surface area (Å²) in [5, 5.41) is 0. The van der Waals surface area contributed by atoms with Crippen LogP contribution in [-0.2, 0) is 30.6 Å². The molecule has 1 aromatic carbocycles. The second-order valence-corrected chi connectivity index (χ2v) is 8.29. The lowest BCUT2D eigenvalue weighted by atomic mass is 10.1. The highest BCUT2D eigenvalue weighted by molar-refractivity contribution is 7.91. The Labute approximate surface area is 142 Å². The first-order valence-electron chi connectivity index (χ1n) is 8.02. The van der Waals surface area contributed by atoms with Crippen molar-refractivity contribution >= 4 is 21.7 Å². The van der Waals surface area contributed by atoms with Gasteiger partial charge in [0.25, 0.3) is 5.91 Å². The van der Waals surface area contributed by atoms with Crippen LogP contribution in [0.4, 0.5) is 0 Å². The van der Waals surface area contributed by atoms with Gasteiger partial charge in [0.05, 0.1) is 17.9 Å². The van der Waals surface area contributed by atoms with Crippen LogP contribution in [0.3, 0.4) is 0 Å². The fourth-order valence-electron chi connectivity index (χ4n) is 2.81. The molecule has 24 heavy (non-hydrogen) atoms. The average molecular weight is 353 g/mol. The minimum Gasteiger partial charge on any atom is -0.455 e. The number of carbonyl (C=O) groups is 2. The number of likely N-dealkylation sites (N-methyl/N-ethyl adjacent to an activating group) is 1. The Kier molecular flexibility index (Phi) is 5.99. The van der Waals surface area contributed by atoms with Crippen LogP contribution in [0.5, 0.6) is 0 Å². The van der Waals surface area contributed by atoms with Crippen molar-refractivity contribution in [3.05, 3.63) is 35.4 Å². The second-order valence-electron chi connectivity index (χ2n) is 6.06. The van der Waals surface area contributed by atoms with Gasteiger partial charge in [0.1, 0.15) is 0 Å². The van der Waals surface area contributed by atoms with E-state index in [4.69, 9.17) is 4.74 Å². The molecule has 132 valence electrons. The molecule has 7 heteroatoms. The smallest absolute Gasteiger partial charge is 0.310 e. The van der Waals surface area contributed by atoms with Crippen LogP contribution in [0.1, 0.15) is 24.5 Å². The van der Waals surface area contributed by atoms with Crippen LogP contribution in [-0.4, -0.2) is 55.9 Å². The third-order valence-electron chi connectivity index (χ3n) is 4.14. The molecule has 1 aliphatic rings. The highest BCUT2D eigenvalue weighted by Gasteiger charge is 2.34. The monoisotopic (exact) mass is 353 g/mol. The summed E-state index contributed by atoms with van der Waals surface area (Å²) in [6.45, 7) is 3.80. The predicted octanol–water partition coefficient (Wildman–Crippen LogP) is 1.12. The number of hydrogen-bond donors (Lipinski definition) is 0. The van der Waals surface area contributed by atoms with E-state index in [1.54, 1.807) is 6.92 Å². The number of benzene rings is 1. The fraction of sp³-hybridized carbons (Fsp3) is 0.529. The largest absolute Gasteiger partial charge is 0.455 e. The molecular weight excluding hydrogens is 330 g/mol. The number of hydrogen-bond acceptors (Lipinski definition) is 5. The maximum atomic E-state index is 12.2. The standard InChI is InChI=1S/C17H23NO5S/c1-3-18(15-8-9-24(21,22)12-15)16(19)11-23-17(20)10-14-6-4-13(2)5-7-14/h4-7,15H,3,8-12H2,1-2H3. The SMILES string of the molecule is CCN(C(=O)COC(=O)Cc1ccc(C)cc1)C1CCS(=O)(=O)C1. The molecular formula is C17H23NO5S. The third-order valence-corrected chi connectivity index (χ3v) is 5.89. The van der Waals surface area contributed by atoms with Gasteiger partial charge in [-0.15, -0.1) is 0 Å². The molecule has 1 fully saturated rings. The van der Waals surface area contributed by atoms with E-state index in [9.17, 15) is 18.0 Å². The van der Waals surface area contributed by atoms with Crippen molar-refractivity contribution in [1.29, 1.82) is 0 Å². The number of ether oxygens (including phenoxy) is 1. The number of sulfone groups is 1. The van der Waals surface area contributed by atoms with Crippen molar-refractivity contribution in [2.75, 3.05) is 24.7 Å². The summed E-state index contributed by atoms with van der Waals surface area (Å²) < 4.78 is 28.2. The summed E-state index contributed by atoms with van der Waals surface area (Å²) in [6, 6.07) is 7.20. The van der Waals surface area contributed by atoms with E-state index in [-0.39, 0.29) is 36.5 Å². The van der Waals surface area contributed by atoms with Crippen LogP contribution in [0.2, 0.25) is 0 Å². The molecule has 6 nitrogen and oxygen atoms in total. The zero-order valence-corrected chi connectivity index (χ0v) is 14.8. The van der Waals surface area contributed by atoms with E-state index in [0.717, 1.165) is 11.1 Å². The molecule has 1 atom stereocenters. The number of nitrogens with zero attached hydrogens (tertiary/aromatic N) is 1. The van der Waals surface area contributed by atoms with E-state index in [1.807, 2.05) is 31.2 Å². The van der Waals surface area contributed by atoms with Crippen molar-refractivity contribution < 1.29 is 22.7 Å². The lowest BCUT2D eigenvalue weighted by Gasteiger charge is -2.26. The lowest BCUT2D eigenvalue weighted by Crippen LogP contribution is -2.43. The van der Waals surface area contributed by atoms with Gasteiger partial charge in [-0.05, 0) is 25.8 Å². The molecule has 0 saturated carbocycles. The number of carbonyl (C=O) groups excluding carboxylic acids is 2. The Hall–Kier alpha value is -1.89. The molecule has 1 unspecified atom stereocenters. The molecule has 2 rings (SSSR count). The topological polar surface area (TPSA) is 80.8 Å². The van der Waals surface area contributed by atoms with Gasteiger partial charge in [0.15, 0.2) is 16.4 Å². The molecule has 0 bridgehead atoms. The van der Waals surface area contributed by atoms with Crippen molar-refractivity contribution in [2.45, 2.75) is 32.7 Å². The summed E-state index contributed by atoms with van der Waals surface area (Å²) in [4.78, 5) is 25.6. The van der Waals surface area contributed by atoms with Crippen LogP contribution < -0.4 is 0 Å². The van der Waals surface area contributed by atoms with E-state index >= 15 is 0 Å². The first-order valence-corrected chi connectivity index (χ1v) is 9.84. The van der Waals surface area contributed by atoms with Crippen LogP contribution in [0.15, 0.2) is 24.3 Å². The molecule has 0 aromatic heterocycles. The van der Waals surface area contributed by atoms with Gasteiger partial charge in [-0.25, -0.2) is 8.42 Å². The molecule has 0 spiro atoms. The van der Waals surface area contributed by atoms with Crippen LogP contribution in [0, 0.1) is 6.92 Å². The zero-order chi connectivity index (χ0) is 17.7. The molecule has 1 saturated heterocycles. The zero-order valence-electron chi connectivity index (χ0n) is 14.0. The Morgan fingerprint density at radius 3 is 2.46 bits per heavy atom. The van der Waals surface area contributed by atoms with Crippen molar-refractivity contribution in [3.8, 4) is 0 Å². The predicted molar refractivity (Wildman–Crippen MR) is 90.3 cm³/mol. The maximum absolute atomic E-state index is 12.2. The van der Waals surface area contributed by atoms with Crippen molar-refractivity contribution in [3.63, 3.8) is 0 Å². The fourth-order valence-corrected chi connectivity index (χ4v) is 4.54. The highest BCUT2D eigenvalue weighted by Crippen LogP contribution is 2.17. The normalized spacial score (nSPS) is 19.0. The van der Waals surface area contributed by atoms with Gasteiger partial charge in [-0.3, -0.25) is 9.59 Å². The van der Waals surface area contributed by atoms with Crippen LogP contribution in [0.25, 0.3) is 0 Å². The van der Waals surface area contributed by atoms with Gasteiger partial charge < -0.3 is 9.64 Å². The van der Waals surface area contributed by atoms with Gasteiger partial charge in [0.2, 0.25) is 0 Å². The minimum absolute atomic E-state index is 0.0100. The molecule has 0 radical (unpaired) electrons. The Balaban J connectivity index is 1.84. The Morgan fingerprint density at radius 2 is 1.92 bits per heavy atom. The van der Waals surface area contributed by atoms with Crippen molar-refractivity contribution in [1.82, 2.24) is 4.90 Å². The summed E-state index contributed by atoms with van der Waals surface area (Å²) in [7, 11) is -3.06. The van der Waals surface area contributed by atoms with Crippen LogP contribution >= 0.6 is 0 Å². The number of rotatable bonds is 6. The Morgan fingerprint density at radius 1 is 1.25 bits per heavy atom. The first kappa shape index (κ1) is 18.4. The number of amides is 1. The number of aryl methyl sites for hydroxylation is 1. The van der Waals surface area contributed by atoms with Gasteiger partial charge in [-0.2, -0.15) is 0 Å². The lowest BCUT2D eigenvalue weighted by molar-refractivity contribution is -0.152. The third kappa shape index (κ3) is 5.06. The average Bonchev–Trinajstić information content (AvgIpc) is 2.88. The van der Waals surface area contributed by atoms with E-state index in [1.165, 1.54) is 4.90 Å². The summed E-state index contributed by atoms with van der Waals surface area (Å²) >= 11 is 0.